The van der Waals surface area contributed by atoms with Crippen LogP contribution in [0, 0.1) is 11.8 Å². The predicted molar refractivity (Wildman–Crippen MR) is 100 cm³/mol. The van der Waals surface area contributed by atoms with Crippen LogP contribution in [0.3, 0.4) is 0 Å². The van der Waals surface area contributed by atoms with Crippen molar-refractivity contribution in [3.05, 3.63) is 36.0 Å². The second-order valence-electron chi connectivity index (χ2n) is 6.38. The van der Waals surface area contributed by atoms with E-state index in [1.807, 2.05) is 51.3 Å². The van der Waals surface area contributed by atoms with E-state index >= 15 is 0 Å². The van der Waals surface area contributed by atoms with Crippen molar-refractivity contribution in [2.24, 2.45) is 0 Å². The quantitative estimate of drug-likeness (QED) is 0.681. The fourth-order valence-electron chi connectivity index (χ4n) is 2.16. The smallest absolute Gasteiger partial charge is 0.272 e. The van der Waals surface area contributed by atoms with Crippen molar-refractivity contribution in [2.45, 2.75) is 38.7 Å². The Morgan fingerprint density at radius 1 is 1.33 bits per heavy atom. The largest absolute Gasteiger partial charge is 0.470 e. The minimum atomic E-state index is -0.603. The van der Waals surface area contributed by atoms with Gasteiger partial charge in [0.25, 0.3) is 5.91 Å². The summed E-state index contributed by atoms with van der Waals surface area (Å²) < 4.78 is 5.87. The standard InChI is InChI=1S/C19H22N2O2S/c1-6-7-13-10-14-11-15(8-9-16(14)20-12-13)23-18(24-5)17(22)21-19(2,3)4/h8-12,18H,1-5H3,(H,21,22). The van der Waals surface area contributed by atoms with E-state index in [-0.39, 0.29) is 11.4 Å². The van der Waals surface area contributed by atoms with E-state index in [4.69, 9.17) is 4.74 Å². The molecular formula is C19H22N2O2S. The maximum Gasteiger partial charge on any atom is 0.272 e. The summed E-state index contributed by atoms with van der Waals surface area (Å²) in [7, 11) is 0. The molecule has 0 bridgehead atoms. The molecule has 4 nitrogen and oxygen atoms in total. The van der Waals surface area contributed by atoms with Gasteiger partial charge in [0.15, 0.2) is 0 Å². The van der Waals surface area contributed by atoms with Gasteiger partial charge in [0.1, 0.15) is 5.75 Å². The molecule has 0 spiro atoms. The maximum absolute atomic E-state index is 12.3. The number of fused-ring (bicyclic) bond motifs is 1. The number of benzene rings is 1. The van der Waals surface area contributed by atoms with Crippen LogP contribution in [0.25, 0.3) is 10.9 Å². The van der Waals surface area contributed by atoms with Crippen molar-refractivity contribution in [2.75, 3.05) is 6.26 Å². The third-order valence-corrected chi connectivity index (χ3v) is 3.83. The summed E-state index contributed by atoms with van der Waals surface area (Å²) in [4.78, 5) is 16.7. The first-order valence-corrected chi connectivity index (χ1v) is 8.95. The summed E-state index contributed by atoms with van der Waals surface area (Å²) in [6, 6.07) is 7.56. The van der Waals surface area contributed by atoms with Gasteiger partial charge in [-0.05, 0) is 58.2 Å². The van der Waals surface area contributed by atoms with Crippen LogP contribution in [0.15, 0.2) is 30.5 Å². The second-order valence-corrected chi connectivity index (χ2v) is 7.28. The molecule has 0 fully saturated rings. The summed E-state index contributed by atoms with van der Waals surface area (Å²) in [6.07, 6.45) is 3.60. The maximum atomic E-state index is 12.3. The molecule has 0 saturated heterocycles. The lowest BCUT2D eigenvalue weighted by Crippen LogP contribution is -2.46. The number of carbonyl (C=O) groups excluding carboxylic acids is 1. The summed E-state index contributed by atoms with van der Waals surface area (Å²) >= 11 is 1.36. The van der Waals surface area contributed by atoms with E-state index in [1.54, 1.807) is 13.1 Å². The first kappa shape index (κ1) is 18.2. The van der Waals surface area contributed by atoms with Crippen molar-refractivity contribution in [1.29, 1.82) is 0 Å². The molecule has 1 heterocycles. The number of thioether (sulfide) groups is 1. The normalized spacial score (nSPS) is 12.2. The highest BCUT2D eigenvalue weighted by Crippen LogP contribution is 2.23. The lowest BCUT2D eigenvalue weighted by atomic mass is 10.1. The third-order valence-electron chi connectivity index (χ3n) is 3.09. The van der Waals surface area contributed by atoms with E-state index in [0.29, 0.717) is 5.75 Å². The number of rotatable bonds is 4. The zero-order chi connectivity index (χ0) is 17.7. The molecule has 24 heavy (non-hydrogen) atoms. The Kier molecular flexibility index (Phi) is 5.74. The number of hydrogen-bond donors (Lipinski definition) is 1. The molecule has 1 unspecified atom stereocenters. The number of ether oxygens (including phenoxy) is 1. The lowest BCUT2D eigenvalue weighted by molar-refractivity contribution is -0.125. The van der Waals surface area contributed by atoms with Crippen LogP contribution < -0.4 is 10.1 Å². The van der Waals surface area contributed by atoms with Crippen LogP contribution in [0.1, 0.15) is 33.3 Å². The van der Waals surface area contributed by atoms with Crippen molar-refractivity contribution >= 4 is 28.6 Å². The minimum Gasteiger partial charge on any atom is -0.470 e. The van der Waals surface area contributed by atoms with Gasteiger partial charge < -0.3 is 10.1 Å². The topological polar surface area (TPSA) is 51.2 Å². The average Bonchev–Trinajstić information content (AvgIpc) is 2.50. The zero-order valence-electron chi connectivity index (χ0n) is 14.6. The Morgan fingerprint density at radius 3 is 2.71 bits per heavy atom. The third kappa shape index (κ3) is 4.90. The first-order chi connectivity index (χ1) is 11.3. The van der Waals surface area contributed by atoms with Gasteiger partial charge >= 0.3 is 0 Å². The summed E-state index contributed by atoms with van der Waals surface area (Å²) in [5.74, 6) is 6.35. The number of carbonyl (C=O) groups is 1. The van der Waals surface area contributed by atoms with Crippen LogP contribution in [0.2, 0.25) is 0 Å². The fourth-order valence-corrected chi connectivity index (χ4v) is 2.64. The molecule has 2 rings (SSSR count). The Bertz CT molecular complexity index is 800. The molecule has 126 valence electrons. The van der Waals surface area contributed by atoms with E-state index < -0.39 is 5.44 Å². The zero-order valence-corrected chi connectivity index (χ0v) is 15.5. The fraction of sp³-hybridized carbons (Fsp3) is 0.368. The van der Waals surface area contributed by atoms with Crippen LogP contribution in [0.4, 0.5) is 0 Å². The molecule has 1 N–H and O–H groups in total. The predicted octanol–water partition coefficient (Wildman–Crippen LogP) is 3.59. The molecule has 1 aromatic carbocycles. The van der Waals surface area contributed by atoms with Gasteiger partial charge in [0.2, 0.25) is 5.44 Å². The Hall–Kier alpha value is -2.19. The highest BCUT2D eigenvalue weighted by atomic mass is 32.2. The average molecular weight is 342 g/mol. The molecule has 0 aliphatic heterocycles. The first-order valence-electron chi connectivity index (χ1n) is 7.66. The second kappa shape index (κ2) is 7.59. The van der Waals surface area contributed by atoms with Crippen LogP contribution in [-0.4, -0.2) is 28.1 Å². The summed E-state index contributed by atoms with van der Waals surface area (Å²) in [5, 5.41) is 3.87. The Labute approximate surface area is 147 Å². The van der Waals surface area contributed by atoms with Gasteiger partial charge in [-0.15, -0.1) is 17.7 Å². The van der Waals surface area contributed by atoms with E-state index in [0.717, 1.165) is 16.5 Å². The molecule has 1 atom stereocenters. The van der Waals surface area contributed by atoms with Gasteiger partial charge in [-0.25, -0.2) is 0 Å². The Balaban J connectivity index is 2.23. The number of aromatic nitrogens is 1. The highest BCUT2D eigenvalue weighted by molar-refractivity contribution is 7.99. The molecule has 1 amide bonds. The molecular weight excluding hydrogens is 320 g/mol. The number of amides is 1. The molecule has 2 aromatic rings. The van der Waals surface area contributed by atoms with E-state index in [1.165, 1.54) is 11.8 Å². The molecule has 5 heteroatoms. The monoisotopic (exact) mass is 342 g/mol. The molecule has 0 saturated carbocycles. The van der Waals surface area contributed by atoms with Crippen molar-refractivity contribution in [3.8, 4) is 17.6 Å². The van der Waals surface area contributed by atoms with Crippen molar-refractivity contribution in [1.82, 2.24) is 10.3 Å². The van der Waals surface area contributed by atoms with Gasteiger partial charge in [-0.3, -0.25) is 9.78 Å². The van der Waals surface area contributed by atoms with Gasteiger partial charge in [0.05, 0.1) is 5.52 Å². The van der Waals surface area contributed by atoms with Gasteiger partial charge in [-0.2, -0.15) is 0 Å². The van der Waals surface area contributed by atoms with E-state index in [2.05, 4.69) is 22.1 Å². The molecule has 0 aliphatic carbocycles. The lowest BCUT2D eigenvalue weighted by Gasteiger charge is -2.24. The summed E-state index contributed by atoms with van der Waals surface area (Å²) in [5.41, 5.74) is 0.821. The number of nitrogens with zero attached hydrogens (tertiary/aromatic N) is 1. The van der Waals surface area contributed by atoms with E-state index in [9.17, 15) is 4.79 Å². The summed E-state index contributed by atoms with van der Waals surface area (Å²) in [6.45, 7) is 7.63. The number of pyridine rings is 1. The minimum absolute atomic E-state index is 0.140. The highest BCUT2D eigenvalue weighted by Gasteiger charge is 2.23. The van der Waals surface area contributed by atoms with Gasteiger partial charge in [0, 0.05) is 22.7 Å². The number of nitrogens with one attached hydrogen (secondary N) is 1. The van der Waals surface area contributed by atoms with Gasteiger partial charge in [-0.1, -0.05) is 5.92 Å². The molecule has 0 radical (unpaired) electrons. The Morgan fingerprint density at radius 2 is 2.08 bits per heavy atom. The van der Waals surface area contributed by atoms with Crippen LogP contribution >= 0.6 is 11.8 Å². The van der Waals surface area contributed by atoms with Crippen molar-refractivity contribution < 1.29 is 9.53 Å². The molecule has 1 aromatic heterocycles. The number of hydrogen-bond acceptors (Lipinski definition) is 4. The van der Waals surface area contributed by atoms with Crippen molar-refractivity contribution in [3.63, 3.8) is 0 Å². The van der Waals surface area contributed by atoms with Crippen LogP contribution in [-0.2, 0) is 4.79 Å². The molecule has 0 aliphatic rings. The van der Waals surface area contributed by atoms with Crippen LogP contribution in [0.5, 0.6) is 5.75 Å². The SMILES string of the molecule is CC#Cc1cnc2ccc(OC(SC)C(=O)NC(C)(C)C)cc2c1.